The molecule has 0 spiro atoms. The fourth-order valence-corrected chi connectivity index (χ4v) is 6.04. The van der Waals surface area contributed by atoms with Crippen molar-refractivity contribution >= 4 is 34.4 Å². The molecule has 0 bridgehead atoms. The number of rotatable bonds is 4. The summed E-state index contributed by atoms with van der Waals surface area (Å²) in [5, 5.41) is 1.16. The van der Waals surface area contributed by atoms with Gasteiger partial charge in [0.2, 0.25) is 5.95 Å². The summed E-state index contributed by atoms with van der Waals surface area (Å²) in [5.41, 5.74) is 5.23. The summed E-state index contributed by atoms with van der Waals surface area (Å²) in [6.45, 7) is 3.02. The molecule has 1 unspecified atom stereocenters. The number of benzene rings is 3. The van der Waals surface area contributed by atoms with E-state index in [1.54, 1.807) is 0 Å². The maximum Gasteiger partial charge on any atom is 0.228 e. The highest BCUT2D eigenvalue weighted by Crippen LogP contribution is 2.37. The average molecular weight is 453 g/mol. The fraction of sp³-hybridized carbons (Fsp3) is 0.286. The Hall–Kier alpha value is -3.05. The normalized spacial score (nSPS) is 18.4. The maximum absolute atomic E-state index is 5.24. The van der Waals surface area contributed by atoms with E-state index in [0.717, 1.165) is 66.7 Å². The highest BCUT2D eigenvalue weighted by Gasteiger charge is 2.30. The van der Waals surface area contributed by atoms with Crippen LogP contribution < -0.4 is 9.80 Å². The van der Waals surface area contributed by atoms with Gasteiger partial charge in [-0.15, -0.1) is 0 Å². The van der Waals surface area contributed by atoms with Gasteiger partial charge in [0.25, 0.3) is 0 Å². The van der Waals surface area contributed by atoms with E-state index in [0.29, 0.717) is 0 Å². The summed E-state index contributed by atoms with van der Waals surface area (Å²) in [6.07, 6.45) is 1.97. The molecule has 4 aromatic rings. The Morgan fingerprint density at radius 3 is 2.42 bits per heavy atom. The van der Waals surface area contributed by atoms with Gasteiger partial charge in [-0.25, -0.2) is 4.98 Å². The van der Waals surface area contributed by atoms with E-state index in [4.69, 9.17) is 9.97 Å². The van der Waals surface area contributed by atoms with Gasteiger partial charge in [0.05, 0.1) is 11.6 Å². The second-order valence-corrected chi connectivity index (χ2v) is 10.0. The monoisotopic (exact) mass is 452 g/mol. The van der Waals surface area contributed by atoms with Crippen molar-refractivity contribution in [3.63, 3.8) is 0 Å². The third-order valence-electron chi connectivity index (χ3n) is 6.82. The number of anilines is 2. The highest BCUT2D eigenvalue weighted by molar-refractivity contribution is 7.99. The first-order chi connectivity index (χ1) is 16.4. The highest BCUT2D eigenvalue weighted by atomic mass is 32.2. The molecule has 2 aliphatic rings. The lowest BCUT2D eigenvalue weighted by atomic mass is 9.89. The van der Waals surface area contributed by atoms with Gasteiger partial charge in [0.15, 0.2) is 0 Å². The summed E-state index contributed by atoms with van der Waals surface area (Å²) in [7, 11) is 0. The first kappa shape index (κ1) is 20.5. The number of aromatic nitrogens is 2. The molecule has 1 fully saturated rings. The van der Waals surface area contributed by atoms with E-state index in [2.05, 4.69) is 88.7 Å². The third kappa shape index (κ3) is 4.06. The second-order valence-electron chi connectivity index (χ2n) is 8.81. The number of fused-ring (bicyclic) bond motifs is 2. The topological polar surface area (TPSA) is 32.3 Å². The molecule has 166 valence electrons. The summed E-state index contributed by atoms with van der Waals surface area (Å²) >= 11 is 2.03. The minimum Gasteiger partial charge on any atom is -0.354 e. The molecule has 33 heavy (non-hydrogen) atoms. The van der Waals surface area contributed by atoms with Gasteiger partial charge in [0, 0.05) is 36.5 Å². The first-order valence-electron chi connectivity index (χ1n) is 11.8. The Kier molecular flexibility index (Phi) is 5.64. The van der Waals surface area contributed by atoms with Gasteiger partial charge in [-0.2, -0.15) is 16.7 Å². The van der Waals surface area contributed by atoms with Crippen LogP contribution in [0.15, 0.2) is 78.9 Å². The predicted octanol–water partition coefficient (Wildman–Crippen LogP) is 5.53. The fourth-order valence-electron chi connectivity index (χ4n) is 5.14. The van der Waals surface area contributed by atoms with E-state index >= 15 is 0 Å². The summed E-state index contributed by atoms with van der Waals surface area (Å²) in [5.74, 6) is 4.26. The lowest BCUT2D eigenvalue weighted by Gasteiger charge is -2.38. The van der Waals surface area contributed by atoms with Crippen molar-refractivity contribution in [3.8, 4) is 0 Å². The first-order valence-corrected chi connectivity index (χ1v) is 13.0. The van der Waals surface area contributed by atoms with Crippen molar-refractivity contribution in [1.29, 1.82) is 0 Å². The maximum atomic E-state index is 5.24. The van der Waals surface area contributed by atoms with Crippen LogP contribution in [0.3, 0.4) is 0 Å². The standard InChI is InChI=1S/C28H28N4S/c1-2-8-21(9-3-1)20-26-23-11-5-4-10-22(23)14-15-32(26)28-29-25-13-7-6-12-24(25)27(30-28)31-16-18-33-19-17-31/h1-13,26H,14-20H2. The zero-order chi connectivity index (χ0) is 22.0. The summed E-state index contributed by atoms with van der Waals surface area (Å²) in [4.78, 5) is 15.2. The van der Waals surface area contributed by atoms with Crippen molar-refractivity contribution in [3.05, 3.63) is 95.6 Å². The van der Waals surface area contributed by atoms with Crippen molar-refractivity contribution in [1.82, 2.24) is 9.97 Å². The Labute approximate surface area is 199 Å². The van der Waals surface area contributed by atoms with E-state index in [-0.39, 0.29) is 6.04 Å². The number of hydrogen-bond acceptors (Lipinski definition) is 5. The van der Waals surface area contributed by atoms with Gasteiger partial charge < -0.3 is 9.80 Å². The van der Waals surface area contributed by atoms with E-state index in [1.165, 1.54) is 16.7 Å². The molecule has 2 aliphatic heterocycles. The molecular weight excluding hydrogens is 424 g/mol. The Bertz CT molecular complexity index is 1250. The van der Waals surface area contributed by atoms with Crippen molar-refractivity contribution in [2.24, 2.45) is 0 Å². The van der Waals surface area contributed by atoms with Gasteiger partial charge in [0.1, 0.15) is 5.82 Å². The van der Waals surface area contributed by atoms with Gasteiger partial charge in [-0.1, -0.05) is 66.7 Å². The van der Waals surface area contributed by atoms with Crippen molar-refractivity contribution in [2.45, 2.75) is 18.9 Å². The largest absolute Gasteiger partial charge is 0.354 e. The van der Waals surface area contributed by atoms with Crippen LogP contribution >= 0.6 is 11.8 Å². The zero-order valence-electron chi connectivity index (χ0n) is 18.7. The molecule has 0 aliphatic carbocycles. The van der Waals surface area contributed by atoms with Crippen LogP contribution in [0.5, 0.6) is 0 Å². The molecular formula is C28H28N4S. The number of para-hydroxylation sites is 1. The minimum absolute atomic E-state index is 0.225. The quantitative estimate of drug-likeness (QED) is 0.407. The third-order valence-corrected chi connectivity index (χ3v) is 7.77. The molecule has 0 radical (unpaired) electrons. The molecule has 6 rings (SSSR count). The molecule has 3 heterocycles. The second kappa shape index (κ2) is 9.06. The van der Waals surface area contributed by atoms with Crippen LogP contribution in [0.1, 0.15) is 22.7 Å². The molecule has 3 aromatic carbocycles. The van der Waals surface area contributed by atoms with Gasteiger partial charge >= 0.3 is 0 Å². The Morgan fingerprint density at radius 1 is 0.788 bits per heavy atom. The minimum atomic E-state index is 0.225. The molecule has 1 aromatic heterocycles. The van der Waals surface area contributed by atoms with Crippen LogP contribution in [-0.4, -0.2) is 41.1 Å². The van der Waals surface area contributed by atoms with Gasteiger partial charge in [-0.3, -0.25) is 0 Å². The SMILES string of the molecule is c1ccc(CC2c3ccccc3CCN2c2nc(N3CCSCC3)c3ccccc3n2)cc1. The van der Waals surface area contributed by atoms with Crippen LogP contribution in [-0.2, 0) is 12.8 Å². The molecule has 0 N–H and O–H groups in total. The Morgan fingerprint density at radius 2 is 1.55 bits per heavy atom. The van der Waals surface area contributed by atoms with Crippen molar-refractivity contribution in [2.75, 3.05) is 40.9 Å². The molecule has 5 heteroatoms. The Balaban J connectivity index is 1.46. The van der Waals surface area contributed by atoms with Crippen LogP contribution in [0, 0.1) is 0 Å². The number of hydrogen-bond donors (Lipinski definition) is 0. The van der Waals surface area contributed by atoms with E-state index in [9.17, 15) is 0 Å². The summed E-state index contributed by atoms with van der Waals surface area (Å²) in [6, 6.07) is 28.4. The lowest BCUT2D eigenvalue weighted by Crippen LogP contribution is -2.39. The molecule has 1 atom stereocenters. The average Bonchev–Trinajstić information content (AvgIpc) is 2.89. The van der Waals surface area contributed by atoms with Gasteiger partial charge in [-0.05, 0) is 41.7 Å². The molecule has 1 saturated heterocycles. The number of nitrogens with zero attached hydrogens (tertiary/aromatic N) is 4. The van der Waals surface area contributed by atoms with E-state index in [1.807, 2.05) is 11.8 Å². The number of thioether (sulfide) groups is 1. The van der Waals surface area contributed by atoms with Crippen LogP contribution in [0.4, 0.5) is 11.8 Å². The van der Waals surface area contributed by atoms with E-state index < -0.39 is 0 Å². The molecule has 4 nitrogen and oxygen atoms in total. The smallest absolute Gasteiger partial charge is 0.228 e. The summed E-state index contributed by atoms with van der Waals surface area (Å²) < 4.78 is 0. The van der Waals surface area contributed by atoms with Crippen LogP contribution in [0.2, 0.25) is 0 Å². The lowest BCUT2D eigenvalue weighted by molar-refractivity contribution is 0.567. The van der Waals surface area contributed by atoms with Crippen molar-refractivity contribution < 1.29 is 0 Å². The molecule has 0 saturated carbocycles. The predicted molar refractivity (Wildman–Crippen MR) is 139 cm³/mol. The zero-order valence-corrected chi connectivity index (χ0v) is 19.5. The molecule has 0 amide bonds. The van der Waals surface area contributed by atoms with Crippen LogP contribution in [0.25, 0.3) is 10.9 Å².